The third-order valence-corrected chi connectivity index (χ3v) is 4.64. The van der Waals surface area contributed by atoms with Gasteiger partial charge in [0.2, 0.25) is 5.91 Å². The van der Waals surface area contributed by atoms with Crippen LogP contribution in [-0.4, -0.2) is 31.0 Å². The number of hydrogen-bond acceptors (Lipinski definition) is 5. The van der Waals surface area contributed by atoms with Gasteiger partial charge in [0.15, 0.2) is 0 Å². The van der Waals surface area contributed by atoms with Gasteiger partial charge in [-0.2, -0.15) is 0 Å². The van der Waals surface area contributed by atoms with Gasteiger partial charge >= 0.3 is 0 Å². The number of amides is 1. The minimum absolute atomic E-state index is 0.00420. The van der Waals surface area contributed by atoms with Gasteiger partial charge in [0.25, 0.3) is 0 Å². The van der Waals surface area contributed by atoms with Crippen molar-refractivity contribution in [1.82, 2.24) is 10.5 Å². The van der Waals surface area contributed by atoms with Crippen LogP contribution in [0.3, 0.4) is 0 Å². The van der Waals surface area contributed by atoms with Crippen molar-refractivity contribution in [3.63, 3.8) is 0 Å². The maximum Gasteiger partial charge on any atom is 0.229 e. The molecule has 0 aliphatic carbocycles. The Balaban J connectivity index is 1.89. The first-order valence-electron chi connectivity index (χ1n) is 7.53. The van der Waals surface area contributed by atoms with E-state index in [2.05, 4.69) is 16.5 Å². The standard InChI is InChI=1S/C18H18N2O3S/c1-19-17(21)11-24-10-13-9-15(20-23-13)18-14-6-4-3-5-12(14)7-8-16(18)22-2/h3-9H,10-11H2,1-2H3,(H,19,21). The molecule has 1 aromatic heterocycles. The molecule has 3 aromatic rings. The van der Waals surface area contributed by atoms with Gasteiger partial charge in [0.05, 0.1) is 24.2 Å². The van der Waals surface area contributed by atoms with Crippen molar-refractivity contribution in [3.05, 3.63) is 48.2 Å². The van der Waals surface area contributed by atoms with Crippen LogP contribution in [0, 0.1) is 0 Å². The lowest BCUT2D eigenvalue weighted by molar-refractivity contribution is -0.118. The molecule has 1 heterocycles. The van der Waals surface area contributed by atoms with Crippen molar-refractivity contribution >= 4 is 28.4 Å². The summed E-state index contributed by atoms with van der Waals surface area (Å²) in [6.07, 6.45) is 0. The molecule has 0 saturated heterocycles. The second-order valence-corrected chi connectivity index (χ2v) is 6.19. The summed E-state index contributed by atoms with van der Waals surface area (Å²) in [7, 11) is 3.27. The van der Waals surface area contributed by atoms with Crippen LogP contribution in [0.15, 0.2) is 47.0 Å². The average molecular weight is 342 g/mol. The summed E-state index contributed by atoms with van der Waals surface area (Å²) in [4.78, 5) is 11.3. The average Bonchev–Trinajstić information content (AvgIpc) is 3.08. The highest BCUT2D eigenvalue weighted by molar-refractivity contribution is 7.99. The second kappa shape index (κ2) is 7.40. The van der Waals surface area contributed by atoms with Gasteiger partial charge in [0.1, 0.15) is 17.2 Å². The highest BCUT2D eigenvalue weighted by Crippen LogP contribution is 2.36. The van der Waals surface area contributed by atoms with Gasteiger partial charge in [-0.1, -0.05) is 35.5 Å². The Kier molecular flexibility index (Phi) is 5.05. The molecule has 2 aromatic carbocycles. The lowest BCUT2D eigenvalue weighted by atomic mass is 10.0. The number of hydrogen-bond donors (Lipinski definition) is 1. The number of fused-ring (bicyclic) bond motifs is 1. The molecule has 0 fully saturated rings. The maximum atomic E-state index is 11.3. The van der Waals surface area contributed by atoms with Crippen LogP contribution in [-0.2, 0) is 10.5 Å². The molecule has 3 rings (SSSR count). The van der Waals surface area contributed by atoms with Gasteiger partial charge in [-0.15, -0.1) is 11.8 Å². The first-order chi connectivity index (χ1) is 11.7. The van der Waals surface area contributed by atoms with Crippen molar-refractivity contribution < 1.29 is 14.1 Å². The number of thioether (sulfide) groups is 1. The number of nitrogens with zero attached hydrogens (tertiary/aromatic N) is 1. The van der Waals surface area contributed by atoms with E-state index in [4.69, 9.17) is 9.26 Å². The second-order valence-electron chi connectivity index (χ2n) is 5.21. The number of rotatable bonds is 6. The van der Waals surface area contributed by atoms with Crippen molar-refractivity contribution in [2.45, 2.75) is 5.75 Å². The van der Waals surface area contributed by atoms with E-state index in [1.807, 2.05) is 36.4 Å². The highest BCUT2D eigenvalue weighted by Gasteiger charge is 2.15. The zero-order valence-corrected chi connectivity index (χ0v) is 14.4. The number of methoxy groups -OCH3 is 1. The molecule has 1 N–H and O–H groups in total. The Labute approximate surface area is 144 Å². The SMILES string of the molecule is CNC(=O)CSCc1cc(-c2c(OC)ccc3ccccc23)no1. The Morgan fingerprint density at radius 1 is 1.29 bits per heavy atom. The summed E-state index contributed by atoms with van der Waals surface area (Å²) in [5, 5.41) is 8.97. The van der Waals surface area contributed by atoms with Gasteiger partial charge in [-0.3, -0.25) is 4.79 Å². The molecule has 1 amide bonds. The fourth-order valence-corrected chi connectivity index (χ4v) is 3.27. The third kappa shape index (κ3) is 3.38. The van der Waals surface area contributed by atoms with Crippen LogP contribution in [0.1, 0.15) is 5.76 Å². The first kappa shape index (κ1) is 16.4. The molecular weight excluding hydrogens is 324 g/mol. The van der Waals surface area contributed by atoms with E-state index in [0.717, 1.165) is 33.5 Å². The summed E-state index contributed by atoms with van der Waals surface area (Å²) >= 11 is 1.48. The fourth-order valence-electron chi connectivity index (χ4n) is 2.50. The molecule has 5 nitrogen and oxygen atoms in total. The minimum atomic E-state index is -0.00420. The fraction of sp³-hybridized carbons (Fsp3) is 0.222. The summed E-state index contributed by atoms with van der Waals surface area (Å²) < 4.78 is 10.9. The van der Waals surface area contributed by atoms with Crippen molar-refractivity contribution in [2.24, 2.45) is 0 Å². The summed E-state index contributed by atoms with van der Waals surface area (Å²) in [5.74, 6) is 2.47. The largest absolute Gasteiger partial charge is 0.496 e. The Bertz CT molecular complexity index is 860. The van der Waals surface area contributed by atoms with Crippen molar-refractivity contribution in [3.8, 4) is 17.0 Å². The molecule has 0 saturated carbocycles. The lowest BCUT2D eigenvalue weighted by Gasteiger charge is -2.09. The number of aromatic nitrogens is 1. The quantitative estimate of drug-likeness (QED) is 0.743. The molecule has 24 heavy (non-hydrogen) atoms. The van der Waals surface area contributed by atoms with Crippen LogP contribution in [0.25, 0.3) is 22.0 Å². The van der Waals surface area contributed by atoms with E-state index in [-0.39, 0.29) is 5.91 Å². The Hall–Kier alpha value is -2.47. The van der Waals surface area contributed by atoms with Crippen molar-refractivity contribution in [2.75, 3.05) is 19.9 Å². The molecule has 124 valence electrons. The number of benzene rings is 2. The molecule has 0 aliphatic rings. The van der Waals surface area contributed by atoms with E-state index in [9.17, 15) is 4.79 Å². The normalized spacial score (nSPS) is 10.8. The first-order valence-corrected chi connectivity index (χ1v) is 8.68. The van der Waals surface area contributed by atoms with Crippen LogP contribution in [0.4, 0.5) is 0 Å². The topological polar surface area (TPSA) is 64.4 Å². The molecular formula is C18H18N2O3S. The van der Waals surface area contributed by atoms with E-state index in [1.165, 1.54) is 11.8 Å². The van der Waals surface area contributed by atoms with E-state index < -0.39 is 0 Å². The Morgan fingerprint density at radius 2 is 2.12 bits per heavy atom. The smallest absolute Gasteiger partial charge is 0.229 e. The lowest BCUT2D eigenvalue weighted by Crippen LogP contribution is -2.19. The van der Waals surface area contributed by atoms with Crippen LogP contribution < -0.4 is 10.1 Å². The molecule has 0 unspecified atom stereocenters. The predicted octanol–water partition coefficient (Wildman–Crippen LogP) is 3.48. The van der Waals surface area contributed by atoms with Crippen LogP contribution in [0.5, 0.6) is 5.75 Å². The van der Waals surface area contributed by atoms with Gasteiger partial charge in [-0.05, 0) is 16.8 Å². The molecule has 0 aliphatic heterocycles. The molecule has 0 spiro atoms. The van der Waals surface area contributed by atoms with Crippen molar-refractivity contribution in [1.29, 1.82) is 0 Å². The van der Waals surface area contributed by atoms with E-state index in [0.29, 0.717) is 11.5 Å². The third-order valence-electron chi connectivity index (χ3n) is 3.68. The zero-order chi connectivity index (χ0) is 16.9. The highest BCUT2D eigenvalue weighted by atomic mass is 32.2. The summed E-state index contributed by atoms with van der Waals surface area (Å²) in [6, 6.07) is 14.0. The monoisotopic (exact) mass is 342 g/mol. The predicted molar refractivity (Wildman–Crippen MR) is 96.2 cm³/mol. The van der Waals surface area contributed by atoms with E-state index >= 15 is 0 Å². The molecule has 0 bridgehead atoms. The molecule has 0 radical (unpaired) electrons. The number of carbonyl (C=O) groups is 1. The van der Waals surface area contributed by atoms with Gasteiger partial charge < -0.3 is 14.6 Å². The zero-order valence-electron chi connectivity index (χ0n) is 13.5. The number of nitrogens with one attached hydrogen (secondary N) is 1. The molecule has 6 heteroatoms. The van der Waals surface area contributed by atoms with Gasteiger partial charge in [-0.25, -0.2) is 0 Å². The number of carbonyl (C=O) groups excluding carboxylic acids is 1. The van der Waals surface area contributed by atoms with Crippen LogP contribution in [0.2, 0.25) is 0 Å². The van der Waals surface area contributed by atoms with Crippen LogP contribution >= 0.6 is 11.8 Å². The van der Waals surface area contributed by atoms with E-state index in [1.54, 1.807) is 14.2 Å². The Morgan fingerprint density at radius 3 is 2.92 bits per heavy atom. The molecule has 0 atom stereocenters. The summed E-state index contributed by atoms with van der Waals surface area (Å²) in [5.41, 5.74) is 1.65. The van der Waals surface area contributed by atoms with Gasteiger partial charge in [0, 0.05) is 13.1 Å². The number of ether oxygens (including phenoxy) is 1. The summed E-state index contributed by atoms with van der Waals surface area (Å²) in [6.45, 7) is 0. The maximum absolute atomic E-state index is 11.3. The minimum Gasteiger partial charge on any atom is -0.496 e.